The Kier molecular flexibility index (Phi) is 36.4. The second kappa shape index (κ2) is 33.4. The number of alkyl halides is 12. The van der Waals surface area contributed by atoms with E-state index in [4.69, 9.17) is 4.74 Å². The van der Waals surface area contributed by atoms with Crippen LogP contribution in [0.3, 0.4) is 0 Å². The molecule has 0 radical (unpaired) electrons. The third-order valence-electron chi connectivity index (χ3n) is 5.10. The van der Waals surface area contributed by atoms with Gasteiger partial charge in [-0.25, -0.2) is 38.4 Å². The van der Waals surface area contributed by atoms with Crippen LogP contribution in [0.4, 0.5) is 52.7 Å². The van der Waals surface area contributed by atoms with E-state index in [0.717, 1.165) is 0 Å². The molecule has 16 nitrogen and oxygen atoms in total. The molecule has 0 bridgehead atoms. The molecule has 64 heavy (non-hydrogen) atoms. The van der Waals surface area contributed by atoms with Gasteiger partial charge >= 0.3 is 72.5 Å². The number of carbonyl (C=O) groups excluding carboxylic acids is 8. The maximum absolute atomic E-state index is 11.8. The smallest absolute Gasteiger partial charge is 0.459 e. The Bertz CT molecular complexity index is 1450. The number of hydrogen-bond acceptors (Lipinski definition) is 16. The summed E-state index contributed by atoms with van der Waals surface area (Å²) >= 11 is 0. The van der Waals surface area contributed by atoms with Crippen molar-refractivity contribution in [3.63, 3.8) is 0 Å². The van der Waals surface area contributed by atoms with Crippen LogP contribution >= 0.6 is 0 Å². The Hall–Kier alpha value is -6.12. The van der Waals surface area contributed by atoms with E-state index >= 15 is 0 Å². The molecule has 0 heterocycles. The second-order valence-electron chi connectivity index (χ2n) is 11.0. The zero-order valence-corrected chi connectivity index (χ0v) is 33.1. The minimum Gasteiger partial charge on any atom is -0.459 e. The van der Waals surface area contributed by atoms with E-state index < -0.39 is 125 Å². The van der Waals surface area contributed by atoms with Crippen molar-refractivity contribution >= 4 is 47.8 Å². The summed E-state index contributed by atoms with van der Waals surface area (Å²) in [6, 6.07) is 0. The van der Waals surface area contributed by atoms with Crippen LogP contribution in [-0.2, 0) is 76.3 Å². The van der Waals surface area contributed by atoms with E-state index in [1.54, 1.807) is 6.92 Å². The average molecular weight is 965 g/mol. The van der Waals surface area contributed by atoms with E-state index in [9.17, 15) is 91.0 Å². The van der Waals surface area contributed by atoms with Crippen LogP contribution in [0.2, 0.25) is 0 Å². The van der Waals surface area contributed by atoms with Gasteiger partial charge in [0, 0.05) is 22.3 Å². The minimum atomic E-state index is -5.04. The van der Waals surface area contributed by atoms with Crippen LogP contribution < -0.4 is 0 Å². The first kappa shape index (κ1) is 69.6. The third-order valence-corrected chi connectivity index (χ3v) is 5.10. The molecule has 0 aromatic heterocycles. The van der Waals surface area contributed by atoms with Gasteiger partial charge in [-0.1, -0.05) is 48.1 Å². The van der Waals surface area contributed by atoms with Gasteiger partial charge < -0.3 is 37.9 Å². The monoisotopic (exact) mass is 964 g/mol. The predicted molar refractivity (Wildman–Crippen MR) is 194 cm³/mol. The fourth-order valence-electron chi connectivity index (χ4n) is 2.16. The molecule has 0 rings (SSSR count). The van der Waals surface area contributed by atoms with Gasteiger partial charge in [-0.05, 0) is 34.1 Å². The summed E-state index contributed by atoms with van der Waals surface area (Å²) in [7, 11) is 0. The maximum Gasteiger partial charge on any atom is 0.490 e. The SMILES string of the molecule is C.C.C=C(C)C(=O)OC(CC)COC(=O)C(F)(F)F.C=C(C)C(=O)OCCOC(=O)C(F)(F)F.C=C(C)C(=O)OCCOC(=O)C(F)(F)F.C=C(C)C(=O)OCCOC(=O)C(F)(F)F. The van der Waals surface area contributed by atoms with Gasteiger partial charge in [0.25, 0.3) is 0 Å². The van der Waals surface area contributed by atoms with Gasteiger partial charge in [-0.15, -0.1) is 0 Å². The van der Waals surface area contributed by atoms with Gasteiger partial charge in [0.2, 0.25) is 0 Å². The van der Waals surface area contributed by atoms with Gasteiger partial charge in [0.15, 0.2) is 0 Å². The highest BCUT2D eigenvalue weighted by molar-refractivity contribution is 5.88. The number of ether oxygens (including phenoxy) is 8. The first-order valence-electron chi connectivity index (χ1n) is 16.2. The lowest BCUT2D eigenvalue weighted by atomic mass is 10.3. The van der Waals surface area contributed by atoms with E-state index in [1.807, 2.05) is 0 Å². The number of carbonyl (C=O) groups is 8. The van der Waals surface area contributed by atoms with Gasteiger partial charge in [0.1, 0.15) is 52.4 Å². The number of hydrogen-bond donors (Lipinski definition) is 0. The zero-order valence-electron chi connectivity index (χ0n) is 33.1. The molecule has 0 spiro atoms. The van der Waals surface area contributed by atoms with E-state index in [0.29, 0.717) is 0 Å². The van der Waals surface area contributed by atoms with Crippen molar-refractivity contribution in [2.45, 2.75) is 86.7 Å². The summed E-state index contributed by atoms with van der Waals surface area (Å²) in [5.41, 5.74) is 0.442. The third kappa shape index (κ3) is 38.8. The summed E-state index contributed by atoms with van der Waals surface area (Å²) < 4.78 is 173. The Morgan fingerprint density at radius 1 is 0.391 bits per heavy atom. The summed E-state index contributed by atoms with van der Waals surface area (Å²) in [5, 5.41) is 0. The van der Waals surface area contributed by atoms with Crippen LogP contribution in [0.25, 0.3) is 0 Å². The molecule has 0 aromatic rings. The quantitative estimate of drug-likeness (QED) is 0.0477. The van der Waals surface area contributed by atoms with Gasteiger partial charge in [0.05, 0.1) is 0 Å². The highest BCUT2D eigenvalue weighted by Crippen LogP contribution is 2.19. The maximum atomic E-state index is 11.8. The Labute approximate surface area is 358 Å². The summed E-state index contributed by atoms with van der Waals surface area (Å²) in [4.78, 5) is 84.0. The zero-order chi connectivity index (χ0) is 49.8. The van der Waals surface area contributed by atoms with Crippen molar-refractivity contribution in [1.82, 2.24) is 0 Å². The number of rotatable bonds is 17. The lowest BCUT2D eigenvalue weighted by Crippen LogP contribution is -2.31. The minimum absolute atomic E-state index is 0. The molecule has 0 fully saturated rings. The van der Waals surface area contributed by atoms with Crippen molar-refractivity contribution in [3.8, 4) is 0 Å². The fraction of sp³-hybridized carbons (Fsp3) is 0.556. The standard InChI is InChI=1S/C10H13F3O4.3C8H9F3O4.2CH4/c1-4-7(17-8(14)6(2)3)5-16-9(15)10(11,12)13;3*1-5(2)6(12)14-3-4-15-7(13)8(9,10)11;;/h7H,2,4-5H2,1,3H3;3*1,3-4H2,2H3;2*1H4. The molecule has 0 aromatic carbocycles. The highest BCUT2D eigenvalue weighted by atomic mass is 19.4. The molecule has 1 atom stereocenters. The molecular formula is C36H48F12O16. The molecule has 0 saturated heterocycles. The van der Waals surface area contributed by atoms with Gasteiger partial charge in [-0.3, -0.25) is 0 Å². The normalized spacial score (nSPS) is 10.9. The van der Waals surface area contributed by atoms with E-state index in [1.165, 1.54) is 27.7 Å². The fourth-order valence-corrected chi connectivity index (χ4v) is 2.16. The van der Waals surface area contributed by atoms with E-state index in [2.05, 4.69) is 59.5 Å². The number of halogens is 12. The molecule has 0 N–H and O–H groups in total. The molecule has 28 heteroatoms. The molecule has 0 saturated carbocycles. The van der Waals surface area contributed by atoms with Gasteiger partial charge in [-0.2, -0.15) is 52.7 Å². The van der Waals surface area contributed by atoms with Crippen LogP contribution in [0, 0.1) is 0 Å². The molecule has 1 unspecified atom stereocenters. The average Bonchev–Trinajstić information content (AvgIpc) is 3.13. The van der Waals surface area contributed by atoms with Crippen LogP contribution in [0.1, 0.15) is 55.9 Å². The first-order valence-corrected chi connectivity index (χ1v) is 16.2. The van der Waals surface area contributed by atoms with Crippen LogP contribution in [0.15, 0.2) is 48.6 Å². The molecule has 372 valence electrons. The Morgan fingerprint density at radius 2 is 0.594 bits per heavy atom. The lowest BCUT2D eigenvalue weighted by Gasteiger charge is -2.16. The van der Waals surface area contributed by atoms with Crippen molar-refractivity contribution in [1.29, 1.82) is 0 Å². The number of esters is 8. The summed E-state index contributed by atoms with van der Waals surface area (Å²) in [6.45, 7) is 16.3. The molecule has 0 aliphatic heterocycles. The molecule has 0 aliphatic rings. The highest BCUT2D eigenvalue weighted by Gasteiger charge is 2.43. The predicted octanol–water partition coefficient (Wildman–Crippen LogP) is 6.90. The Balaban J connectivity index is -0.000000174. The second-order valence-corrected chi connectivity index (χ2v) is 11.0. The molecule has 0 aliphatic carbocycles. The van der Waals surface area contributed by atoms with Crippen molar-refractivity contribution in [2.75, 3.05) is 46.2 Å². The molecule has 0 amide bonds. The largest absolute Gasteiger partial charge is 0.490 e. The van der Waals surface area contributed by atoms with Crippen LogP contribution in [0.5, 0.6) is 0 Å². The van der Waals surface area contributed by atoms with Crippen molar-refractivity contribution in [3.05, 3.63) is 48.6 Å². The molecular weight excluding hydrogens is 916 g/mol. The first-order chi connectivity index (χ1) is 27.9. The topological polar surface area (TPSA) is 210 Å². The summed E-state index contributed by atoms with van der Waals surface area (Å²) in [5.74, 6) is -12.2. The van der Waals surface area contributed by atoms with Crippen molar-refractivity contribution < 1.29 is 129 Å². The van der Waals surface area contributed by atoms with E-state index in [-0.39, 0.29) is 43.6 Å². The lowest BCUT2D eigenvalue weighted by molar-refractivity contribution is -0.203. The van der Waals surface area contributed by atoms with Crippen molar-refractivity contribution in [2.24, 2.45) is 0 Å². The Morgan fingerprint density at radius 3 is 0.781 bits per heavy atom. The summed E-state index contributed by atoms with van der Waals surface area (Å²) in [6.07, 6.45) is -20.8. The van der Waals surface area contributed by atoms with Crippen LogP contribution in [-0.4, -0.2) is 125 Å².